The number of anilines is 2. The van der Waals surface area contributed by atoms with Crippen LogP contribution < -0.4 is 10.6 Å². The van der Waals surface area contributed by atoms with E-state index in [0.717, 1.165) is 24.9 Å². The number of benzene rings is 1. The quantitative estimate of drug-likeness (QED) is 0.724. The van der Waals surface area contributed by atoms with Gasteiger partial charge in [0.1, 0.15) is 0 Å². The number of carbonyl (C=O) groups is 2. The van der Waals surface area contributed by atoms with Crippen LogP contribution in [0.2, 0.25) is 0 Å². The third kappa shape index (κ3) is 3.16. The Morgan fingerprint density at radius 2 is 1.60 bits per heavy atom. The maximum Gasteiger partial charge on any atom is 0.411 e. The fourth-order valence-electron chi connectivity index (χ4n) is 5.49. The first kappa shape index (κ1) is 16.9. The van der Waals surface area contributed by atoms with Gasteiger partial charge in [-0.05, 0) is 74.6 Å². The number of methoxy groups -OCH3 is 1. The molecular formula is C19H23BrN2O3. The zero-order valence-corrected chi connectivity index (χ0v) is 15.9. The number of amides is 2. The lowest BCUT2D eigenvalue weighted by atomic mass is 9.49. The van der Waals surface area contributed by atoms with Crippen LogP contribution in [0.1, 0.15) is 38.5 Å². The molecule has 2 atom stereocenters. The second-order valence-corrected chi connectivity index (χ2v) is 9.72. The lowest BCUT2D eigenvalue weighted by Gasteiger charge is -2.59. The number of ether oxygens (including phenoxy) is 1. The highest BCUT2D eigenvalue weighted by molar-refractivity contribution is 9.10. The van der Waals surface area contributed by atoms with E-state index in [1.807, 2.05) is 12.1 Å². The molecule has 0 spiro atoms. The maximum absolute atomic E-state index is 13.1. The van der Waals surface area contributed by atoms with Crippen molar-refractivity contribution in [3.63, 3.8) is 0 Å². The third-order valence-electron chi connectivity index (χ3n) is 6.05. The molecule has 4 bridgehead atoms. The highest BCUT2D eigenvalue weighted by Gasteiger charge is 2.59. The predicted octanol–water partition coefficient (Wildman–Crippen LogP) is 4.54. The van der Waals surface area contributed by atoms with Gasteiger partial charge in [-0.25, -0.2) is 4.79 Å². The summed E-state index contributed by atoms with van der Waals surface area (Å²) in [6, 6.07) is 7.15. The number of carbonyl (C=O) groups excluding carboxylic acids is 2. The number of rotatable bonds is 3. The van der Waals surface area contributed by atoms with E-state index < -0.39 is 6.09 Å². The Morgan fingerprint density at radius 3 is 2.12 bits per heavy atom. The highest BCUT2D eigenvalue weighted by Crippen LogP contribution is 2.64. The minimum Gasteiger partial charge on any atom is -0.453 e. The Morgan fingerprint density at radius 1 is 1.04 bits per heavy atom. The van der Waals surface area contributed by atoms with E-state index >= 15 is 0 Å². The summed E-state index contributed by atoms with van der Waals surface area (Å²) in [7, 11) is 1.33. The van der Waals surface area contributed by atoms with E-state index in [0.29, 0.717) is 17.5 Å². The molecular weight excluding hydrogens is 384 g/mol. The van der Waals surface area contributed by atoms with Crippen molar-refractivity contribution >= 4 is 39.3 Å². The lowest BCUT2D eigenvalue weighted by Crippen LogP contribution is -2.57. The molecule has 0 unspecified atom stereocenters. The van der Waals surface area contributed by atoms with E-state index in [2.05, 4.69) is 31.3 Å². The maximum atomic E-state index is 13.1. The zero-order chi connectivity index (χ0) is 17.7. The summed E-state index contributed by atoms with van der Waals surface area (Å²) >= 11 is 3.95. The molecule has 2 amide bonds. The third-order valence-corrected chi connectivity index (χ3v) is 6.97. The average molecular weight is 407 g/mol. The molecule has 4 saturated carbocycles. The summed E-state index contributed by atoms with van der Waals surface area (Å²) in [4.78, 5) is 24.3. The molecule has 2 N–H and O–H groups in total. The van der Waals surface area contributed by atoms with Crippen molar-refractivity contribution in [1.82, 2.24) is 0 Å². The first-order chi connectivity index (χ1) is 11.9. The second kappa shape index (κ2) is 6.01. The van der Waals surface area contributed by atoms with Crippen LogP contribution in [0.15, 0.2) is 24.3 Å². The summed E-state index contributed by atoms with van der Waals surface area (Å²) in [6.45, 7) is 0. The number of hydrogen-bond donors (Lipinski definition) is 2. The molecule has 0 saturated heterocycles. The van der Waals surface area contributed by atoms with E-state index in [1.54, 1.807) is 12.1 Å². The molecule has 5 rings (SSSR count). The number of hydrogen-bond acceptors (Lipinski definition) is 3. The molecule has 0 heterocycles. The van der Waals surface area contributed by atoms with Crippen LogP contribution >= 0.6 is 15.9 Å². The fraction of sp³-hybridized carbons (Fsp3) is 0.579. The van der Waals surface area contributed by atoms with Crippen LogP contribution in [0.3, 0.4) is 0 Å². The molecule has 134 valence electrons. The summed E-state index contributed by atoms with van der Waals surface area (Å²) < 4.78 is 4.74. The molecule has 1 aromatic carbocycles. The van der Waals surface area contributed by atoms with E-state index in [9.17, 15) is 9.59 Å². The molecule has 6 heteroatoms. The monoisotopic (exact) mass is 406 g/mol. The Bertz CT molecular complexity index is 689. The lowest BCUT2D eigenvalue weighted by molar-refractivity contribution is -0.138. The Kier molecular flexibility index (Phi) is 4.06. The molecule has 25 heavy (non-hydrogen) atoms. The first-order valence-electron chi connectivity index (χ1n) is 8.85. The molecule has 5 nitrogen and oxygen atoms in total. The van der Waals surface area contributed by atoms with Crippen molar-refractivity contribution in [3.05, 3.63) is 24.3 Å². The second-order valence-electron chi connectivity index (χ2n) is 8.04. The Labute approximate surface area is 156 Å². The average Bonchev–Trinajstić information content (AvgIpc) is 2.54. The summed E-state index contributed by atoms with van der Waals surface area (Å²) in [5.41, 5.74) is 1.18. The fourth-order valence-corrected chi connectivity index (χ4v) is 6.94. The van der Waals surface area contributed by atoms with Gasteiger partial charge < -0.3 is 10.1 Å². The van der Waals surface area contributed by atoms with Gasteiger partial charge in [0.2, 0.25) is 5.91 Å². The molecule has 0 aromatic heterocycles. The largest absolute Gasteiger partial charge is 0.453 e. The van der Waals surface area contributed by atoms with Gasteiger partial charge in [-0.15, -0.1) is 0 Å². The molecule has 4 aliphatic rings. The highest BCUT2D eigenvalue weighted by atomic mass is 79.9. The predicted molar refractivity (Wildman–Crippen MR) is 99.9 cm³/mol. The molecule has 1 aromatic rings. The topological polar surface area (TPSA) is 67.4 Å². The van der Waals surface area contributed by atoms with E-state index in [1.165, 1.54) is 26.4 Å². The first-order valence-corrected chi connectivity index (χ1v) is 9.64. The van der Waals surface area contributed by atoms with Crippen LogP contribution in [-0.2, 0) is 9.53 Å². The van der Waals surface area contributed by atoms with Crippen LogP contribution in [0.4, 0.5) is 16.2 Å². The summed E-state index contributed by atoms with van der Waals surface area (Å²) in [5, 5.41) is 5.71. The van der Waals surface area contributed by atoms with Gasteiger partial charge in [-0.1, -0.05) is 15.9 Å². The van der Waals surface area contributed by atoms with Crippen LogP contribution in [-0.4, -0.2) is 23.4 Å². The molecule has 4 aliphatic carbocycles. The van der Waals surface area contributed by atoms with E-state index in [-0.39, 0.29) is 15.6 Å². The van der Waals surface area contributed by atoms with Crippen molar-refractivity contribution in [2.45, 2.75) is 42.8 Å². The van der Waals surface area contributed by atoms with Gasteiger partial charge in [-0.2, -0.15) is 0 Å². The van der Waals surface area contributed by atoms with Gasteiger partial charge in [0, 0.05) is 15.7 Å². The van der Waals surface area contributed by atoms with Gasteiger partial charge in [0.05, 0.1) is 12.5 Å². The van der Waals surface area contributed by atoms with Crippen molar-refractivity contribution < 1.29 is 14.3 Å². The number of halogens is 1. The Balaban J connectivity index is 1.46. The standard InChI is InChI=1S/C19H23BrN2O3/c1-25-17(24)22-15-4-2-14(3-5-15)21-16(23)18-7-12-6-13(8-18)10-19(20,9-12)11-18/h2-5,12-13H,6-11H2,1H3,(H,21,23)(H,22,24)/t12-,13-,18?,19?/m1/s1. The smallest absolute Gasteiger partial charge is 0.411 e. The zero-order valence-electron chi connectivity index (χ0n) is 14.3. The van der Waals surface area contributed by atoms with Gasteiger partial charge >= 0.3 is 6.09 Å². The normalized spacial score (nSPS) is 35.3. The summed E-state index contributed by atoms with van der Waals surface area (Å²) in [6.07, 6.45) is 6.19. The van der Waals surface area contributed by atoms with Crippen LogP contribution in [0.25, 0.3) is 0 Å². The molecule has 4 fully saturated rings. The van der Waals surface area contributed by atoms with Crippen molar-refractivity contribution in [2.24, 2.45) is 17.3 Å². The van der Waals surface area contributed by atoms with Gasteiger partial charge in [0.15, 0.2) is 0 Å². The molecule has 0 aliphatic heterocycles. The van der Waals surface area contributed by atoms with E-state index in [4.69, 9.17) is 0 Å². The molecule has 0 radical (unpaired) electrons. The number of alkyl halides is 1. The van der Waals surface area contributed by atoms with Crippen LogP contribution in [0.5, 0.6) is 0 Å². The Hall–Kier alpha value is -1.56. The van der Waals surface area contributed by atoms with Crippen molar-refractivity contribution in [3.8, 4) is 0 Å². The SMILES string of the molecule is COC(=O)Nc1ccc(NC(=O)C23C[C@H]4C[C@@H](CC(Br)(C4)C2)C3)cc1. The minimum atomic E-state index is -0.507. The van der Waals surface area contributed by atoms with Gasteiger partial charge in [-0.3, -0.25) is 10.1 Å². The van der Waals surface area contributed by atoms with Crippen molar-refractivity contribution in [1.29, 1.82) is 0 Å². The minimum absolute atomic E-state index is 0.152. The van der Waals surface area contributed by atoms with Crippen molar-refractivity contribution in [2.75, 3.05) is 17.7 Å². The van der Waals surface area contributed by atoms with Gasteiger partial charge in [0.25, 0.3) is 0 Å². The number of nitrogens with one attached hydrogen (secondary N) is 2. The van der Waals surface area contributed by atoms with Crippen LogP contribution in [0, 0.1) is 17.3 Å². The summed E-state index contributed by atoms with van der Waals surface area (Å²) in [5.74, 6) is 1.51.